The molecule has 0 amide bonds. The molecule has 1 heterocycles. The Kier molecular flexibility index (Phi) is 8.23. The van der Waals surface area contributed by atoms with E-state index in [4.69, 9.17) is 51.1 Å². The molecule has 3 aromatic rings. The average molecular weight is 515 g/mol. The van der Waals surface area contributed by atoms with Crippen LogP contribution >= 0.6 is 46.4 Å². The lowest BCUT2D eigenvalue weighted by atomic mass is 9.89. The molecule has 0 aliphatic carbocycles. The minimum Gasteiger partial charge on any atom is -0.367 e. The van der Waals surface area contributed by atoms with E-state index >= 15 is 0 Å². The minimum atomic E-state index is -0.459. The van der Waals surface area contributed by atoms with E-state index in [0.29, 0.717) is 32.5 Å². The van der Waals surface area contributed by atoms with Crippen molar-refractivity contribution in [1.29, 1.82) is 0 Å². The Morgan fingerprint density at radius 1 is 1.03 bits per heavy atom. The third kappa shape index (κ3) is 6.69. The van der Waals surface area contributed by atoms with E-state index in [0.717, 1.165) is 11.1 Å². The van der Waals surface area contributed by atoms with Crippen LogP contribution in [0.2, 0.25) is 20.1 Å². The van der Waals surface area contributed by atoms with E-state index in [1.165, 1.54) is 0 Å². The molecule has 3 rings (SSSR count). The molecule has 0 saturated carbocycles. The number of aromatic nitrogens is 3. The fraction of sp³-hybridized carbons (Fsp3) is 0.348. The highest BCUT2D eigenvalue weighted by molar-refractivity contribution is 6.35. The van der Waals surface area contributed by atoms with Crippen LogP contribution < -0.4 is 0 Å². The summed E-state index contributed by atoms with van der Waals surface area (Å²) >= 11 is 24.8. The van der Waals surface area contributed by atoms with Gasteiger partial charge >= 0.3 is 0 Å². The number of hydrogen-bond donors (Lipinski definition) is 0. The van der Waals surface area contributed by atoms with Crippen LogP contribution in [0.1, 0.15) is 43.8 Å². The average Bonchev–Trinajstić information content (AvgIpc) is 3.12. The summed E-state index contributed by atoms with van der Waals surface area (Å²) in [7, 11) is 0. The maximum absolute atomic E-state index is 12.3. The molecular formula is C23H23Cl4N3O2. The Labute approximate surface area is 207 Å². The lowest BCUT2D eigenvalue weighted by Crippen LogP contribution is -2.22. The van der Waals surface area contributed by atoms with Crippen molar-refractivity contribution in [3.8, 4) is 0 Å². The first-order chi connectivity index (χ1) is 15.0. The number of halogens is 4. The highest BCUT2D eigenvalue weighted by atomic mass is 35.5. The number of rotatable bonds is 8. The Hall–Kier alpha value is -1.63. The molecule has 0 aliphatic heterocycles. The second-order valence-electron chi connectivity index (χ2n) is 8.43. The predicted octanol–water partition coefficient (Wildman–Crippen LogP) is 7.01. The molecule has 1 atom stereocenters. The number of carbonyl (C=O) groups excluding carboxylic acids is 1. The van der Waals surface area contributed by atoms with Crippen LogP contribution in [0.25, 0.3) is 0 Å². The fourth-order valence-corrected chi connectivity index (χ4v) is 3.91. The lowest BCUT2D eigenvalue weighted by molar-refractivity contribution is -0.125. The van der Waals surface area contributed by atoms with Gasteiger partial charge < -0.3 is 4.74 Å². The van der Waals surface area contributed by atoms with E-state index in [1.54, 1.807) is 35.3 Å². The lowest BCUT2D eigenvalue weighted by Gasteiger charge is -2.20. The van der Waals surface area contributed by atoms with Gasteiger partial charge in [-0.15, -0.1) is 0 Å². The topological polar surface area (TPSA) is 57.0 Å². The van der Waals surface area contributed by atoms with E-state index in [-0.39, 0.29) is 18.8 Å². The first kappa shape index (κ1) is 25.0. The molecule has 0 fully saturated rings. The fourth-order valence-electron chi connectivity index (χ4n) is 2.91. The first-order valence-electron chi connectivity index (χ1n) is 9.95. The van der Waals surface area contributed by atoms with E-state index < -0.39 is 11.5 Å². The zero-order valence-corrected chi connectivity index (χ0v) is 20.9. The molecule has 0 radical (unpaired) electrons. The number of nitrogens with zero attached hydrogens (tertiary/aromatic N) is 3. The van der Waals surface area contributed by atoms with Crippen molar-refractivity contribution in [2.75, 3.05) is 0 Å². The molecule has 5 nitrogen and oxygen atoms in total. The van der Waals surface area contributed by atoms with Gasteiger partial charge in [0.15, 0.2) is 5.82 Å². The molecule has 32 heavy (non-hydrogen) atoms. The zero-order chi connectivity index (χ0) is 23.5. The van der Waals surface area contributed by atoms with Gasteiger partial charge in [-0.05, 0) is 29.8 Å². The zero-order valence-electron chi connectivity index (χ0n) is 17.9. The molecular weight excluding hydrogens is 492 g/mol. The van der Waals surface area contributed by atoms with Crippen LogP contribution in [0.3, 0.4) is 0 Å². The standard InChI is InChI=1S/C23H23Cl4N3O2/c1-23(2,3)21(31)10-22-28-13-30(29-22)11-20(17-7-6-16(25)9-19(17)27)32-12-14-4-5-15(24)8-18(14)26/h4-9,13,20H,10-12H2,1-3H3. The first-order valence-corrected chi connectivity index (χ1v) is 11.5. The van der Waals surface area contributed by atoms with Gasteiger partial charge in [-0.3, -0.25) is 4.79 Å². The number of benzene rings is 2. The van der Waals surface area contributed by atoms with Crippen molar-refractivity contribution >= 4 is 52.2 Å². The van der Waals surface area contributed by atoms with Crippen LogP contribution in [0, 0.1) is 5.41 Å². The molecule has 9 heteroatoms. The highest BCUT2D eigenvalue weighted by Gasteiger charge is 2.23. The smallest absolute Gasteiger partial charge is 0.157 e. The van der Waals surface area contributed by atoms with E-state index in [9.17, 15) is 4.79 Å². The Morgan fingerprint density at radius 3 is 2.31 bits per heavy atom. The van der Waals surface area contributed by atoms with Crippen molar-refractivity contribution in [1.82, 2.24) is 14.8 Å². The maximum Gasteiger partial charge on any atom is 0.157 e. The minimum absolute atomic E-state index is 0.0705. The summed E-state index contributed by atoms with van der Waals surface area (Å²) in [4.78, 5) is 16.6. The van der Waals surface area contributed by atoms with E-state index in [1.807, 2.05) is 32.9 Å². The number of carbonyl (C=O) groups is 1. The van der Waals surface area contributed by atoms with Crippen molar-refractivity contribution in [2.45, 2.75) is 46.4 Å². The summed E-state index contributed by atoms with van der Waals surface area (Å²) in [5.74, 6) is 0.535. The molecule has 1 aromatic heterocycles. The Bertz CT molecular complexity index is 1110. The number of ketones is 1. The van der Waals surface area contributed by atoms with Crippen molar-refractivity contribution in [3.05, 3.63) is 79.8 Å². The van der Waals surface area contributed by atoms with Gasteiger partial charge in [-0.2, -0.15) is 5.10 Å². The van der Waals surface area contributed by atoms with Crippen molar-refractivity contribution in [3.63, 3.8) is 0 Å². The molecule has 0 saturated heterocycles. The quantitative estimate of drug-likeness (QED) is 0.324. The summed E-state index contributed by atoms with van der Waals surface area (Å²) in [5, 5.41) is 6.53. The third-order valence-corrected chi connectivity index (χ3v) is 6.01. The van der Waals surface area contributed by atoms with Gasteiger partial charge in [0.2, 0.25) is 0 Å². The monoisotopic (exact) mass is 513 g/mol. The Balaban J connectivity index is 1.81. The molecule has 0 N–H and O–H groups in total. The van der Waals surface area contributed by atoms with Gasteiger partial charge in [0.25, 0.3) is 0 Å². The second kappa shape index (κ2) is 10.5. The van der Waals surface area contributed by atoms with E-state index in [2.05, 4.69) is 10.1 Å². The molecule has 2 aromatic carbocycles. The van der Waals surface area contributed by atoms with Crippen LogP contribution in [-0.2, 0) is 29.1 Å². The molecule has 170 valence electrons. The number of ether oxygens (including phenoxy) is 1. The molecule has 0 aliphatic rings. The summed E-state index contributed by atoms with van der Waals surface area (Å²) in [6.07, 6.45) is 1.30. The largest absolute Gasteiger partial charge is 0.367 e. The molecule has 1 unspecified atom stereocenters. The SMILES string of the molecule is CC(C)(C)C(=O)Cc1ncn(CC(OCc2ccc(Cl)cc2Cl)c2ccc(Cl)cc2Cl)n1. The summed E-state index contributed by atoms with van der Waals surface area (Å²) < 4.78 is 7.84. The normalized spacial score (nSPS) is 12.7. The summed E-state index contributed by atoms with van der Waals surface area (Å²) in [5.41, 5.74) is 1.09. The summed E-state index contributed by atoms with van der Waals surface area (Å²) in [6.45, 7) is 6.20. The second-order valence-corrected chi connectivity index (χ2v) is 10.1. The molecule has 0 spiro atoms. The number of Topliss-reactive ketones (excluding diaryl/α,β-unsaturated/α-hetero) is 1. The van der Waals surface area contributed by atoms with Crippen LogP contribution in [0.5, 0.6) is 0 Å². The van der Waals surface area contributed by atoms with Gasteiger partial charge in [0.05, 0.1) is 19.6 Å². The maximum atomic E-state index is 12.3. The van der Waals surface area contributed by atoms with Gasteiger partial charge in [-0.1, -0.05) is 79.3 Å². The number of hydrogen-bond acceptors (Lipinski definition) is 4. The highest BCUT2D eigenvalue weighted by Crippen LogP contribution is 2.31. The predicted molar refractivity (Wildman–Crippen MR) is 129 cm³/mol. The van der Waals surface area contributed by atoms with Gasteiger partial charge in [0, 0.05) is 31.1 Å². The third-order valence-electron chi connectivity index (χ3n) is 4.86. The van der Waals surface area contributed by atoms with Crippen molar-refractivity contribution < 1.29 is 9.53 Å². The molecule has 0 bridgehead atoms. The van der Waals surface area contributed by atoms with Crippen LogP contribution in [-0.4, -0.2) is 20.5 Å². The van der Waals surface area contributed by atoms with Crippen molar-refractivity contribution in [2.24, 2.45) is 5.41 Å². The van der Waals surface area contributed by atoms with Gasteiger partial charge in [-0.25, -0.2) is 9.67 Å². The van der Waals surface area contributed by atoms with Crippen LogP contribution in [0.4, 0.5) is 0 Å². The summed E-state index contributed by atoms with van der Waals surface area (Å²) in [6, 6.07) is 10.5. The van der Waals surface area contributed by atoms with Gasteiger partial charge in [0.1, 0.15) is 18.2 Å². The van der Waals surface area contributed by atoms with Crippen LogP contribution in [0.15, 0.2) is 42.7 Å². The Morgan fingerprint density at radius 2 is 1.69 bits per heavy atom.